The lowest BCUT2D eigenvalue weighted by Gasteiger charge is -2.11. The van der Waals surface area contributed by atoms with Gasteiger partial charge in [0.2, 0.25) is 0 Å². The molecule has 26 heavy (non-hydrogen) atoms. The molecule has 0 aliphatic carbocycles. The molecule has 4 aromatic rings. The van der Waals surface area contributed by atoms with E-state index in [2.05, 4.69) is 26.3 Å². The van der Waals surface area contributed by atoms with Crippen molar-refractivity contribution in [2.24, 2.45) is 0 Å². The number of pyridine rings is 1. The van der Waals surface area contributed by atoms with Crippen molar-refractivity contribution in [3.63, 3.8) is 0 Å². The van der Waals surface area contributed by atoms with Gasteiger partial charge in [-0.1, -0.05) is 23.7 Å². The van der Waals surface area contributed by atoms with Gasteiger partial charge in [-0.05, 0) is 48.5 Å². The second-order valence-electron chi connectivity index (χ2n) is 5.55. The van der Waals surface area contributed by atoms with Gasteiger partial charge in [0.25, 0.3) is 0 Å². The van der Waals surface area contributed by atoms with Gasteiger partial charge < -0.3 is 10.1 Å². The molecule has 0 saturated carbocycles. The first-order valence-corrected chi connectivity index (χ1v) is 8.37. The van der Waals surface area contributed by atoms with Gasteiger partial charge in [0.15, 0.2) is 0 Å². The largest absolute Gasteiger partial charge is 0.486 e. The monoisotopic (exact) mass is 361 g/mol. The fourth-order valence-corrected chi connectivity index (χ4v) is 2.75. The zero-order valence-electron chi connectivity index (χ0n) is 13.7. The Morgan fingerprint density at radius 1 is 1.08 bits per heavy atom. The predicted molar refractivity (Wildman–Crippen MR) is 102 cm³/mol. The molecule has 0 amide bonds. The van der Waals surface area contributed by atoms with Crippen molar-refractivity contribution in [3.05, 3.63) is 83.9 Å². The van der Waals surface area contributed by atoms with Gasteiger partial charge in [-0.25, -0.2) is 9.97 Å². The maximum Gasteiger partial charge on any atom is 0.141 e. The van der Waals surface area contributed by atoms with Crippen LogP contribution in [-0.2, 0) is 6.61 Å². The second-order valence-corrected chi connectivity index (χ2v) is 5.95. The maximum atomic E-state index is 6.36. The van der Waals surface area contributed by atoms with Crippen molar-refractivity contribution in [2.75, 3.05) is 5.32 Å². The van der Waals surface area contributed by atoms with Crippen LogP contribution in [-0.4, -0.2) is 15.0 Å². The van der Waals surface area contributed by atoms with Crippen LogP contribution in [0.2, 0.25) is 5.02 Å². The summed E-state index contributed by atoms with van der Waals surface area (Å²) in [6.07, 6.45) is 3.26. The van der Waals surface area contributed by atoms with Crippen LogP contribution in [0, 0.1) is 6.07 Å². The molecule has 2 heterocycles. The summed E-state index contributed by atoms with van der Waals surface area (Å²) in [6, 6.07) is 19.8. The normalized spacial score (nSPS) is 10.7. The lowest BCUT2D eigenvalue weighted by Crippen LogP contribution is -1.99. The zero-order valence-corrected chi connectivity index (χ0v) is 14.4. The van der Waals surface area contributed by atoms with Crippen molar-refractivity contribution < 1.29 is 4.74 Å². The van der Waals surface area contributed by atoms with Crippen molar-refractivity contribution in [1.82, 2.24) is 15.0 Å². The van der Waals surface area contributed by atoms with Gasteiger partial charge in [0, 0.05) is 17.3 Å². The summed E-state index contributed by atoms with van der Waals surface area (Å²) < 4.78 is 5.75. The lowest BCUT2D eigenvalue weighted by molar-refractivity contribution is 0.301. The number of fused-ring (bicyclic) bond motifs is 1. The van der Waals surface area contributed by atoms with Gasteiger partial charge in [-0.3, -0.25) is 4.98 Å². The average Bonchev–Trinajstić information content (AvgIpc) is 2.68. The van der Waals surface area contributed by atoms with Crippen LogP contribution < -0.4 is 10.1 Å². The van der Waals surface area contributed by atoms with Crippen LogP contribution in [0.3, 0.4) is 0 Å². The Labute approximate surface area is 155 Å². The van der Waals surface area contributed by atoms with E-state index >= 15 is 0 Å². The number of ether oxygens (including phenoxy) is 1. The lowest BCUT2D eigenvalue weighted by atomic mass is 10.2. The number of halogens is 1. The standard InChI is InChI=1S/C20H14ClN4O/c21-17-11-14(8-9-19(17)26-12-15-5-3-4-10-22-15)25-20-16-6-1-2-7-18(16)23-13-24-20/h2-11,13H,12H2,(H,23,24,25). The number of aromatic nitrogens is 3. The van der Waals surface area contributed by atoms with Crippen molar-refractivity contribution >= 4 is 34.0 Å². The number of rotatable bonds is 5. The van der Waals surface area contributed by atoms with E-state index in [1.165, 1.54) is 6.33 Å². The van der Waals surface area contributed by atoms with E-state index in [1.807, 2.05) is 48.5 Å². The number of hydrogen-bond acceptors (Lipinski definition) is 5. The SMILES string of the molecule is Clc1cc(Nc2ncnc3cc[c]cc23)ccc1OCc1ccccn1. The minimum absolute atomic E-state index is 0.361. The summed E-state index contributed by atoms with van der Waals surface area (Å²) in [5.74, 6) is 1.30. The predicted octanol–water partition coefficient (Wildman–Crippen LogP) is 4.80. The molecule has 6 heteroatoms. The van der Waals surface area contributed by atoms with E-state index in [0.29, 0.717) is 23.2 Å². The number of benzene rings is 2. The van der Waals surface area contributed by atoms with Crippen LogP contribution in [0.1, 0.15) is 5.69 Å². The van der Waals surface area contributed by atoms with Crippen LogP contribution in [0.5, 0.6) is 5.75 Å². The second kappa shape index (κ2) is 7.37. The zero-order chi connectivity index (χ0) is 17.8. The summed E-state index contributed by atoms with van der Waals surface area (Å²) in [4.78, 5) is 12.8. The van der Waals surface area contributed by atoms with Gasteiger partial charge in [0.1, 0.15) is 24.5 Å². The molecule has 0 atom stereocenters. The highest BCUT2D eigenvalue weighted by Crippen LogP contribution is 2.30. The first-order valence-electron chi connectivity index (χ1n) is 8.00. The molecule has 1 radical (unpaired) electrons. The Kier molecular flexibility index (Phi) is 4.62. The van der Waals surface area contributed by atoms with Crippen LogP contribution in [0.15, 0.2) is 67.1 Å². The highest BCUT2D eigenvalue weighted by molar-refractivity contribution is 6.32. The molecule has 127 valence electrons. The van der Waals surface area contributed by atoms with Crippen molar-refractivity contribution in [1.29, 1.82) is 0 Å². The molecule has 4 rings (SSSR count). The highest BCUT2D eigenvalue weighted by atomic mass is 35.5. The Hall–Kier alpha value is -3.18. The van der Waals surface area contributed by atoms with Gasteiger partial charge in [0.05, 0.1) is 16.2 Å². The molecule has 0 unspecified atom stereocenters. The van der Waals surface area contributed by atoms with E-state index < -0.39 is 0 Å². The molecule has 0 bridgehead atoms. The first-order chi connectivity index (χ1) is 12.8. The van der Waals surface area contributed by atoms with E-state index in [-0.39, 0.29) is 0 Å². The third-order valence-electron chi connectivity index (χ3n) is 3.78. The Morgan fingerprint density at radius 3 is 2.88 bits per heavy atom. The summed E-state index contributed by atoms with van der Waals surface area (Å²) in [5.41, 5.74) is 2.50. The molecule has 5 nitrogen and oxygen atoms in total. The van der Waals surface area contributed by atoms with Gasteiger partial charge in [-0.15, -0.1) is 0 Å². The molecule has 0 spiro atoms. The van der Waals surface area contributed by atoms with E-state index in [1.54, 1.807) is 12.3 Å². The minimum atomic E-state index is 0.361. The number of hydrogen-bond donors (Lipinski definition) is 1. The van der Waals surface area contributed by atoms with E-state index in [4.69, 9.17) is 16.3 Å². The molecule has 0 saturated heterocycles. The summed E-state index contributed by atoms with van der Waals surface area (Å²) in [6.45, 7) is 0.361. The Morgan fingerprint density at radius 2 is 2.04 bits per heavy atom. The summed E-state index contributed by atoms with van der Waals surface area (Å²) in [7, 11) is 0. The molecule has 0 aliphatic rings. The minimum Gasteiger partial charge on any atom is -0.486 e. The first kappa shape index (κ1) is 16.3. The van der Waals surface area contributed by atoms with Gasteiger partial charge >= 0.3 is 0 Å². The van der Waals surface area contributed by atoms with Crippen molar-refractivity contribution in [2.45, 2.75) is 6.61 Å². The molecule has 1 N–H and O–H groups in total. The Balaban J connectivity index is 1.52. The summed E-state index contributed by atoms with van der Waals surface area (Å²) >= 11 is 6.36. The molecule has 2 aromatic heterocycles. The third-order valence-corrected chi connectivity index (χ3v) is 4.07. The fraction of sp³-hybridized carbons (Fsp3) is 0.0500. The smallest absolute Gasteiger partial charge is 0.141 e. The fourth-order valence-electron chi connectivity index (χ4n) is 2.51. The van der Waals surface area contributed by atoms with Crippen LogP contribution in [0.25, 0.3) is 10.9 Å². The number of nitrogens with one attached hydrogen (secondary N) is 1. The number of nitrogens with zero attached hydrogens (tertiary/aromatic N) is 3. The molecule has 0 aliphatic heterocycles. The van der Waals surface area contributed by atoms with E-state index in [9.17, 15) is 0 Å². The third kappa shape index (κ3) is 3.58. The molecule has 2 aromatic carbocycles. The maximum absolute atomic E-state index is 6.36. The summed E-state index contributed by atoms with van der Waals surface area (Å²) in [5, 5.41) is 4.67. The molecular weight excluding hydrogens is 348 g/mol. The highest BCUT2D eigenvalue weighted by Gasteiger charge is 2.07. The molecular formula is C20H14ClN4O. The van der Waals surface area contributed by atoms with E-state index in [0.717, 1.165) is 22.3 Å². The van der Waals surface area contributed by atoms with Crippen LogP contribution >= 0.6 is 11.6 Å². The number of anilines is 2. The van der Waals surface area contributed by atoms with Crippen LogP contribution in [0.4, 0.5) is 11.5 Å². The topological polar surface area (TPSA) is 59.9 Å². The molecule has 0 fully saturated rings. The quantitative estimate of drug-likeness (QED) is 0.553. The Bertz CT molecular complexity index is 1030. The van der Waals surface area contributed by atoms with Crippen molar-refractivity contribution in [3.8, 4) is 5.75 Å². The average molecular weight is 362 g/mol. The van der Waals surface area contributed by atoms with Gasteiger partial charge in [-0.2, -0.15) is 0 Å².